The quantitative estimate of drug-likeness (QED) is 0.897. The minimum Gasteiger partial charge on any atom is -0.322 e. The van der Waals surface area contributed by atoms with Crippen molar-refractivity contribution in [2.24, 2.45) is 0 Å². The third-order valence-corrected chi connectivity index (χ3v) is 2.86. The van der Waals surface area contributed by atoms with Gasteiger partial charge in [0, 0.05) is 12.4 Å². The molecule has 0 aliphatic rings. The summed E-state index contributed by atoms with van der Waals surface area (Å²) in [6.45, 7) is 0. The molecule has 2 aromatic rings. The summed E-state index contributed by atoms with van der Waals surface area (Å²) in [4.78, 5) is 8.14. The molecule has 0 aliphatic carbocycles. The molecule has 6 heteroatoms. The molecule has 3 nitrogen and oxygen atoms in total. The third kappa shape index (κ3) is 2.64. The lowest BCUT2D eigenvalue weighted by molar-refractivity contribution is 1.15. The van der Waals surface area contributed by atoms with E-state index in [1.807, 2.05) is 0 Å². The van der Waals surface area contributed by atoms with Crippen molar-refractivity contribution in [2.45, 2.75) is 0 Å². The molecule has 0 fully saturated rings. The van der Waals surface area contributed by atoms with Gasteiger partial charge in [-0.1, -0.05) is 29.3 Å². The van der Waals surface area contributed by atoms with Crippen LogP contribution in [0.25, 0.3) is 0 Å². The summed E-state index contributed by atoms with van der Waals surface area (Å²) in [5.74, 6) is 0.443. The summed E-state index contributed by atoms with van der Waals surface area (Å²) in [6.07, 6.45) is 3.28. The first-order valence-corrected chi connectivity index (χ1v) is 5.90. The average molecular weight is 319 g/mol. The van der Waals surface area contributed by atoms with Gasteiger partial charge < -0.3 is 5.32 Å². The van der Waals surface area contributed by atoms with E-state index in [9.17, 15) is 0 Å². The van der Waals surface area contributed by atoms with Crippen LogP contribution in [0.5, 0.6) is 0 Å². The monoisotopic (exact) mass is 317 g/mol. The number of para-hydroxylation sites is 1. The fraction of sp³-hybridized carbons (Fsp3) is 0. The molecule has 0 saturated heterocycles. The highest BCUT2D eigenvalue weighted by Crippen LogP contribution is 2.31. The van der Waals surface area contributed by atoms with E-state index in [0.29, 0.717) is 21.7 Å². The SMILES string of the molecule is Clc1cccc(Cl)c1Nc1ncc(Br)cn1. The number of rotatable bonds is 2. The number of nitrogens with zero attached hydrogens (tertiary/aromatic N) is 2. The van der Waals surface area contributed by atoms with E-state index in [2.05, 4.69) is 31.2 Å². The Kier molecular flexibility index (Phi) is 3.63. The van der Waals surface area contributed by atoms with Crippen LogP contribution < -0.4 is 5.32 Å². The number of nitrogens with one attached hydrogen (secondary N) is 1. The molecule has 16 heavy (non-hydrogen) atoms. The molecule has 0 radical (unpaired) electrons. The van der Waals surface area contributed by atoms with Gasteiger partial charge in [0.05, 0.1) is 20.2 Å². The van der Waals surface area contributed by atoms with Gasteiger partial charge in [0.2, 0.25) is 5.95 Å². The molecule has 1 aromatic carbocycles. The number of hydrogen-bond acceptors (Lipinski definition) is 3. The lowest BCUT2D eigenvalue weighted by Gasteiger charge is -2.08. The first-order chi connectivity index (χ1) is 7.66. The average Bonchev–Trinajstić information content (AvgIpc) is 2.26. The van der Waals surface area contributed by atoms with Gasteiger partial charge in [-0.25, -0.2) is 9.97 Å². The zero-order valence-electron chi connectivity index (χ0n) is 7.92. The second-order valence-corrected chi connectivity index (χ2v) is 4.68. The molecule has 0 amide bonds. The smallest absolute Gasteiger partial charge is 0.227 e. The lowest BCUT2D eigenvalue weighted by atomic mass is 10.3. The van der Waals surface area contributed by atoms with Gasteiger partial charge in [-0.05, 0) is 28.1 Å². The zero-order valence-corrected chi connectivity index (χ0v) is 11.0. The maximum absolute atomic E-state index is 6.00. The molecule has 0 unspecified atom stereocenters. The lowest BCUT2D eigenvalue weighted by Crippen LogP contribution is -1.97. The Labute approximate surface area is 111 Å². The highest BCUT2D eigenvalue weighted by molar-refractivity contribution is 9.10. The Morgan fingerprint density at radius 2 is 1.62 bits per heavy atom. The predicted octanol–water partition coefficient (Wildman–Crippen LogP) is 4.29. The van der Waals surface area contributed by atoms with Gasteiger partial charge in [-0.3, -0.25) is 0 Å². The normalized spacial score (nSPS) is 10.2. The molecular formula is C10H6BrCl2N3. The fourth-order valence-electron chi connectivity index (χ4n) is 1.11. The molecule has 0 bridgehead atoms. The molecule has 82 valence electrons. The summed E-state index contributed by atoms with van der Waals surface area (Å²) in [5, 5.41) is 4.01. The van der Waals surface area contributed by atoms with Gasteiger partial charge in [-0.15, -0.1) is 0 Å². The largest absolute Gasteiger partial charge is 0.322 e. The van der Waals surface area contributed by atoms with Crippen molar-refractivity contribution in [3.63, 3.8) is 0 Å². The number of hydrogen-bond donors (Lipinski definition) is 1. The van der Waals surface area contributed by atoms with Crippen LogP contribution >= 0.6 is 39.1 Å². The highest BCUT2D eigenvalue weighted by atomic mass is 79.9. The van der Waals surface area contributed by atoms with Crippen molar-refractivity contribution >= 4 is 50.8 Å². The molecule has 0 aliphatic heterocycles. The Balaban J connectivity index is 2.30. The predicted molar refractivity (Wildman–Crippen MR) is 69.5 cm³/mol. The summed E-state index contributed by atoms with van der Waals surface area (Å²) in [7, 11) is 0. The third-order valence-electron chi connectivity index (χ3n) is 1.82. The number of halogens is 3. The van der Waals surface area contributed by atoms with Crippen LogP contribution in [0.2, 0.25) is 10.0 Å². The maximum atomic E-state index is 6.00. The minimum atomic E-state index is 0.443. The van der Waals surface area contributed by atoms with Crippen molar-refractivity contribution in [1.29, 1.82) is 0 Å². The fourth-order valence-corrected chi connectivity index (χ4v) is 1.80. The van der Waals surface area contributed by atoms with Crippen LogP contribution in [0.1, 0.15) is 0 Å². The molecule has 1 N–H and O–H groups in total. The van der Waals surface area contributed by atoms with Gasteiger partial charge >= 0.3 is 0 Å². The van der Waals surface area contributed by atoms with E-state index in [4.69, 9.17) is 23.2 Å². The standard InChI is InChI=1S/C10H6BrCl2N3/c11-6-4-14-10(15-5-6)16-9-7(12)2-1-3-8(9)13/h1-5H,(H,14,15,16). The highest BCUT2D eigenvalue weighted by Gasteiger charge is 2.06. The van der Waals surface area contributed by atoms with Gasteiger partial charge in [0.1, 0.15) is 0 Å². The number of anilines is 2. The van der Waals surface area contributed by atoms with Crippen LogP contribution in [0.15, 0.2) is 35.1 Å². The molecule has 0 saturated carbocycles. The van der Waals surface area contributed by atoms with E-state index < -0.39 is 0 Å². The van der Waals surface area contributed by atoms with Crippen LogP contribution in [0.4, 0.5) is 11.6 Å². The van der Waals surface area contributed by atoms with Gasteiger partial charge in [0.15, 0.2) is 0 Å². The topological polar surface area (TPSA) is 37.8 Å². The van der Waals surface area contributed by atoms with Crippen molar-refractivity contribution in [3.8, 4) is 0 Å². The number of benzene rings is 1. The summed E-state index contributed by atoms with van der Waals surface area (Å²) in [6, 6.07) is 5.27. The van der Waals surface area contributed by atoms with Gasteiger partial charge in [0.25, 0.3) is 0 Å². The second kappa shape index (κ2) is 4.99. The Morgan fingerprint density at radius 3 is 2.19 bits per heavy atom. The van der Waals surface area contributed by atoms with Crippen LogP contribution in [-0.4, -0.2) is 9.97 Å². The van der Waals surface area contributed by atoms with Crippen molar-refractivity contribution in [1.82, 2.24) is 9.97 Å². The van der Waals surface area contributed by atoms with Crippen molar-refractivity contribution < 1.29 is 0 Å². The maximum Gasteiger partial charge on any atom is 0.227 e. The Morgan fingerprint density at radius 1 is 1.06 bits per heavy atom. The second-order valence-electron chi connectivity index (χ2n) is 2.95. The summed E-state index contributed by atoms with van der Waals surface area (Å²) < 4.78 is 0.809. The van der Waals surface area contributed by atoms with Crippen LogP contribution in [0, 0.1) is 0 Å². The zero-order chi connectivity index (χ0) is 11.5. The molecule has 0 atom stereocenters. The molecule has 1 aromatic heterocycles. The molecule has 2 rings (SSSR count). The van der Waals surface area contributed by atoms with Crippen LogP contribution in [0.3, 0.4) is 0 Å². The molecular weight excluding hydrogens is 313 g/mol. The van der Waals surface area contributed by atoms with E-state index >= 15 is 0 Å². The van der Waals surface area contributed by atoms with Gasteiger partial charge in [-0.2, -0.15) is 0 Å². The summed E-state index contributed by atoms with van der Waals surface area (Å²) >= 11 is 15.3. The van der Waals surface area contributed by atoms with E-state index in [-0.39, 0.29) is 0 Å². The summed E-state index contributed by atoms with van der Waals surface area (Å²) in [5.41, 5.74) is 0.605. The Hall–Kier alpha value is -0.840. The van der Waals surface area contributed by atoms with Crippen molar-refractivity contribution in [2.75, 3.05) is 5.32 Å². The molecule has 1 heterocycles. The van der Waals surface area contributed by atoms with Crippen LogP contribution in [-0.2, 0) is 0 Å². The van der Waals surface area contributed by atoms with E-state index in [1.165, 1.54) is 0 Å². The van der Waals surface area contributed by atoms with Crippen molar-refractivity contribution in [3.05, 3.63) is 45.1 Å². The first kappa shape index (κ1) is 11.6. The van der Waals surface area contributed by atoms with E-state index in [1.54, 1.807) is 30.6 Å². The first-order valence-electron chi connectivity index (χ1n) is 4.35. The number of aromatic nitrogens is 2. The van der Waals surface area contributed by atoms with E-state index in [0.717, 1.165) is 4.47 Å². The molecule has 0 spiro atoms. The minimum absolute atomic E-state index is 0.443. The Bertz CT molecular complexity index is 482.